The van der Waals surface area contributed by atoms with E-state index < -0.39 is 0 Å². The quantitative estimate of drug-likeness (QED) is 0.475. The molecule has 0 spiro atoms. The Balaban J connectivity index is 1.42. The lowest BCUT2D eigenvalue weighted by molar-refractivity contribution is -0.129. The second-order valence-corrected chi connectivity index (χ2v) is 8.81. The van der Waals surface area contributed by atoms with Crippen LogP contribution in [0.3, 0.4) is 0 Å². The van der Waals surface area contributed by atoms with Gasteiger partial charge in [-0.3, -0.25) is 4.79 Å². The highest BCUT2D eigenvalue weighted by Crippen LogP contribution is 2.31. The van der Waals surface area contributed by atoms with E-state index in [9.17, 15) is 4.79 Å². The van der Waals surface area contributed by atoms with Gasteiger partial charge in [-0.1, -0.05) is 30.0 Å². The van der Waals surface area contributed by atoms with Gasteiger partial charge < -0.3 is 14.2 Å². The van der Waals surface area contributed by atoms with Crippen LogP contribution in [0.1, 0.15) is 25.3 Å². The zero-order valence-corrected chi connectivity index (χ0v) is 18.2. The molecular weight excluding hydrogens is 404 g/mol. The van der Waals surface area contributed by atoms with Gasteiger partial charge in [0.05, 0.1) is 17.7 Å². The minimum absolute atomic E-state index is 0.150. The number of thiophene rings is 1. The van der Waals surface area contributed by atoms with Crippen LogP contribution in [0.4, 0.5) is 0 Å². The molecule has 2 heterocycles. The van der Waals surface area contributed by atoms with Crippen molar-refractivity contribution >= 4 is 29.0 Å². The van der Waals surface area contributed by atoms with Crippen molar-refractivity contribution in [1.29, 1.82) is 0 Å². The molecule has 0 bridgehead atoms. The van der Waals surface area contributed by atoms with E-state index in [0.29, 0.717) is 18.3 Å². The minimum atomic E-state index is 0.150. The molecule has 1 aliphatic carbocycles. The number of benzene rings is 1. The van der Waals surface area contributed by atoms with Crippen molar-refractivity contribution in [1.82, 2.24) is 19.7 Å². The molecular formula is C21H24N4O2S2. The lowest BCUT2D eigenvalue weighted by Crippen LogP contribution is -2.34. The molecule has 0 N–H and O–H groups in total. The summed E-state index contributed by atoms with van der Waals surface area (Å²) in [7, 11) is 1.66. The minimum Gasteiger partial charge on any atom is -0.497 e. The second kappa shape index (κ2) is 9.00. The number of hydrogen-bond donors (Lipinski definition) is 0. The van der Waals surface area contributed by atoms with Gasteiger partial charge in [-0.15, -0.1) is 21.5 Å². The van der Waals surface area contributed by atoms with E-state index in [2.05, 4.69) is 21.7 Å². The molecule has 1 aliphatic rings. The largest absolute Gasteiger partial charge is 0.497 e. The lowest BCUT2D eigenvalue weighted by Gasteiger charge is -2.22. The summed E-state index contributed by atoms with van der Waals surface area (Å²) in [6.45, 7) is 3.48. The van der Waals surface area contributed by atoms with Crippen LogP contribution in [0.25, 0.3) is 10.7 Å². The summed E-state index contributed by atoms with van der Waals surface area (Å²) in [5.74, 6) is 2.22. The van der Waals surface area contributed by atoms with Gasteiger partial charge >= 0.3 is 0 Å². The maximum Gasteiger partial charge on any atom is 0.233 e. The Morgan fingerprint density at radius 3 is 2.69 bits per heavy atom. The topological polar surface area (TPSA) is 60.2 Å². The smallest absolute Gasteiger partial charge is 0.233 e. The van der Waals surface area contributed by atoms with Gasteiger partial charge in [0.1, 0.15) is 5.75 Å². The van der Waals surface area contributed by atoms with Crippen molar-refractivity contribution in [3.05, 3.63) is 47.3 Å². The molecule has 0 atom stereocenters. The van der Waals surface area contributed by atoms with Crippen LogP contribution < -0.4 is 4.74 Å². The molecule has 0 saturated heterocycles. The van der Waals surface area contributed by atoms with Gasteiger partial charge in [-0.25, -0.2) is 0 Å². The van der Waals surface area contributed by atoms with Crippen LogP contribution >= 0.6 is 23.1 Å². The van der Waals surface area contributed by atoms with Crippen molar-refractivity contribution in [2.75, 3.05) is 12.9 Å². The molecule has 1 aromatic carbocycles. The highest BCUT2D eigenvalue weighted by Gasteiger charge is 2.32. The van der Waals surface area contributed by atoms with Crippen LogP contribution in [0.2, 0.25) is 0 Å². The molecule has 0 radical (unpaired) electrons. The number of thioether (sulfide) groups is 1. The van der Waals surface area contributed by atoms with Crippen molar-refractivity contribution in [3.63, 3.8) is 0 Å². The maximum atomic E-state index is 13.0. The number of aromatic nitrogens is 3. The molecule has 0 unspecified atom stereocenters. The molecule has 1 saturated carbocycles. The monoisotopic (exact) mass is 428 g/mol. The first-order valence-electron chi connectivity index (χ1n) is 9.72. The number of carbonyl (C=O) groups excluding carboxylic acids is 1. The third kappa shape index (κ3) is 4.64. The van der Waals surface area contributed by atoms with Crippen LogP contribution in [0.5, 0.6) is 5.75 Å². The third-order valence-electron chi connectivity index (χ3n) is 4.92. The van der Waals surface area contributed by atoms with Gasteiger partial charge in [0.25, 0.3) is 0 Å². The molecule has 0 aliphatic heterocycles. The number of carbonyl (C=O) groups is 1. The maximum absolute atomic E-state index is 13.0. The van der Waals surface area contributed by atoms with Crippen LogP contribution in [0.15, 0.2) is 46.9 Å². The highest BCUT2D eigenvalue weighted by atomic mass is 32.2. The average molecular weight is 429 g/mol. The summed E-state index contributed by atoms with van der Waals surface area (Å²) >= 11 is 3.12. The Labute approximate surface area is 178 Å². The summed E-state index contributed by atoms with van der Waals surface area (Å²) in [4.78, 5) is 16.1. The number of amides is 1. The van der Waals surface area contributed by atoms with Gasteiger partial charge in [0, 0.05) is 19.1 Å². The number of hydrogen-bond acceptors (Lipinski definition) is 6. The number of ether oxygens (including phenoxy) is 1. The van der Waals surface area contributed by atoms with Crippen LogP contribution in [-0.4, -0.2) is 44.5 Å². The Morgan fingerprint density at radius 2 is 2.07 bits per heavy atom. The first kappa shape index (κ1) is 20.0. The Hall–Kier alpha value is -2.32. The van der Waals surface area contributed by atoms with Gasteiger partial charge in [-0.05, 0) is 48.9 Å². The third-order valence-corrected chi connectivity index (χ3v) is 6.74. The van der Waals surface area contributed by atoms with E-state index in [1.165, 1.54) is 11.8 Å². The number of methoxy groups -OCH3 is 1. The zero-order valence-electron chi connectivity index (χ0n) is 16.6. The standard InChI is InChI=1S/C21H24N4O2S2/c1-3-24-20(18-5-4-12-28-18)22-23-21(24)29-14-19(26)25(16-8-9-16)13-15-6-10-17(27-2)11-7-15/h4-7,10-12,16H,3,8-9,13-14H2,1-2H3. The summed E-state index contributed by atoms with van der Waals surface area (Å²) < 4.78 is 7.30. The van der Waals surface area contributed by atoms with Crippen molar-refractivity contribution < 1.29 is 9.53 Å². The SMILES string of the molecule is CCn1c(SCC(=O)N(Cc2ccc(OC)cc2)C2CC2)nnc1-c1cccs1. The predicted octanol–water partition coefficient (Wildman–Crippen LogP) is 4.32. The fourth-order valence-corrected chi connectivity index (χ4v) is 4.82. The normalized spacial score (nSPS) is 13.4. The van der Waals surface area contributed by atoms with E-state index >= 15 is 0 Å². The molecule has 1 fully saturated rings. The fraction of sp³-hybridized carbons (Fsp3) is 0.381. The molecule has 4 rings (SSSR count). The number of nitrogens with zero attached hydrogens (tertiary/aromatic N) is 4. The summed E-state index contributed by atoms with van der Waals surface area (Å²) in [5.41, 5.74) is 1.12. The van der Waals surface area contributed by atoms with Gasteiger partial charge in [0.15, 0.2) is 11.0 Å². The lowest BCUT2D eigenvalue weighted by atomic mass is 10.2. The Bertz CT molecular complexity index is 950. The van der Waals surface area contributed by atoms with Crippen molar-refractivity contribution in [2.45, 2.75) is 44.1 Å². The van der Waals surface area contributed by atoms with Crippen molar-refractivity contribution in [3.8, 4) is 16.5 Å². The van der Waals surface area contributed by atoms with E-state index in [-0.39, 0.29) is 5.91 Å². The first-order chi connectivity index (χ1) is 14.2. The first-order valence-corrected chi connectivity index (χ1v) is 11.6. The highest BCUT2D eigenvalue weighted by molar-refractivity contribution is 7.99. The Kier molecular flexibility index (Phi) is 6.20. The molecule has 29 heavy (non-hydrogen) atoms. The molecule has 2 aromatic heterocycles. The fourth-order valence-electron chi connectivity index (χ4n) is 3.21. The van der Waals surface area contributed by atoms with Crippen LogP contribution in [-0.2, 0) is 17.9 Å². The molecule has 3 aromatic rings. The van der Waals surface area contributed by atoms with E-state index in [4.69, 9.17) is 4.74 Å². The van der Waals surface area contributed by atoms with E-state index in [0.717, 1.165) is 46.6 Å². The summed E-state index contributed by atoms with van der Waals surface area (Å²) in [6, 6.07) is 12.3. The van der Waals surface area contributed by atoms with E-state index in [1.54, 1.807) is 18.4 Å². The van der Waals surface area contributed by atoms with Gasteiger partial charge in [0.2, 0.25) is 5.91 Å². The number of rotatable bonds is 9. The Morgan fingerprint density at radius 1 is 1.28 bits per heavy atom. The summed E-state index contributed by atoms with van der Waals surface area (Å²) in [5, 5.41) is 11.5. The summed E-state index contributed by atoms with van der Waals surface area (Å²) in [6.07, 6.45) is 2.17. The van der Waals surface area contributed by atoms with Crippen molar-refractivity contribution in [2.24, 2.45) is 0 Å². The molecule has 8 heteroatoms. The van der Waals surface area contributed by atoms with Gasteiger partial charge in [-0.2, -0.15) is 0 Å². The second-order valence-electron chi connectivity index (χ2n) is 6.92. The predicted molar refractivity (Wildman–Crippen MR) is 116 cm³/mol. The van der Waals surface area contributed by atoms with Crippen LogP contribution in [0, 0.1) is 0 Å². The van der Waals surface area contributed by atoms with E-state index in [1.807, 2.05) is 46.7 Å². The zero-order chi connectivity index (χ0) is 20.2. The molecule has 6 nitrogen and oxygen atoms in total. The average Bonchev–Trinajstić information content (AvgIpc) is 3.27. The molecule has 1 amide bonds. The molecule has 152 valence electrons.